The number of benzene rings is 2. The topological polar surface area (TPSA) is 49.3 Å². The minimum atomic E-state index is 0.105. The highest BCUT2D eigenvalue weighted by Crippen LogP contribution is 2.31. The first-order chi connectivity index (χ1) is 15.3. The standard InChI is InChI=1S/C27H32N4O/c1-18(2)24-21(5)28-25(22-10-6-19(3)7-11-22)29-26(24)30-14-16-31(17-15-30)27(32)23-12-8-20(4)9-13-23/h6-13,18H,14-17H2,1-5H3. The third-order valence-corrected chi connectivity index (χ3v) is 6.17. The molecule has 1 saturated heterocycles. The molecule has 166 valence electrons. The summed E-state index contributed by atoms with van der Waals surface area (Å²) in [5.74, 6) is 2.20. The second-order valence-electron chi connectivity index (χ2n) is 9.04. The number of anilines is 1. The Morgan fingerprint density at radius 1 is 0.812 bits per heavy atom. The van der Waals surface area contributed by atoms with Crippen LogP contribution in [-0.2, 0) is 0 Å². The van der Waals surface area contributed by atoms with Gasteiger partial charge in [0.1, 0.15) is 5.82 Å². The van der Waals surface area contributed by atoms with Crippen LogP contribution in [0.15, 0.2) is 48.5 Å². The molecule has 32 heavy (non-hydrogen) atoms. The van der Waals surface area contributed by atoms with Crippen molar-refractivity contribution in [2.75, 3.05) is 31.1 Å². The predicted molar refractivity (Wildman–Crippen MR) is 130 cm³/mol. The lowest BCUT2D eigenvalue weighted by Crippen LogP contribution is -2.49. The van der Waals surface area contributed by atoms with Crippen molar-refractivity contribution in [1.29, 1.82) is 0 Å². The van der Waals surface area contributed by atoms with Crippen LogP contribution < -0.4 is 4.90 Å². The average Bonchev–Trinajstić information content (AvgIpc) is 2.79. The highest BCUT2D eigenvalue weighted by Gasteiger charge is 2.26. The summed E-state index contributed by atoms with van der Waals surface area (Å²) in [5.41, 5.74) is 6.39. The van der Waals surface area contributed by atoms with Gasteiger partial charge in [0.25, 0.3) is 5.91 Å². The van der Waals surface area contributed by atoms with E-state index in [4.69, 9.17) is 9.97 Å². The molecule has 1 aliphatic heterocycles. The smallest absolute Gasteiger partial charge is 0.253 e. The molecule has 0 N–H and O–H groups in total. The molecule has 0 atom stereocenters. The van der Waals surface area contributed by atoms with E-state index >= 15 is 0 Å². The van der Waals surface area contributed by atoms with E-state index < -0.39 is 0 Å². The number of carbonyl (C=O) groups excluding carboxylic acids is 1. The van der Waals surface area contributed by atoms with E-state index in [9.17, 15) is 4.79 Å². The Kier molecular flexibility index (Phi) is 6.26. The fourth-order valence-electron chi connectivity index (χ4n) is 4.32. The lowest BCUT2D eigenvalue weighted by molar-refractivity contribution is 0.0746. The third kappa shape index (κ3) is 4.52. The molecule has 1 amide bonds. The molecule has 0 radical (unpaired) electrons. The molecule has 1 fully saturated rings. The number of carbonyl (C=O) groups is 1. The van der Waals surface area contributed by atoms with Crippen molar-refractivity contribution in [1.82, 2.24) is 14.9 Å². The van der Waals surface area contributed by atoms with Gasteiger partial charge in [-0.2, -0.15) is 0 Å². The van der Waals surface area contributed by atoms with Gasteiger partial charge in [-0.1, -0.05) is 61.4 Å². The molecule has 3 aromatic rings. The zero-order chi connectivity index (χ0) is 22.8. The molecule has 0 unspecified atom stereocenters. The Balaban J connectivity index is 1.58. The van der Waals surface area contributed by atoms with Gasteiger partial charge in [-0.15, -0.1) is 0 Å². The minimum absolute atomic E-state index is 0.105. The lowest BCUT2D eigenvalue weighted by Gasteiger charge is -2.37. The maximum Gasteiger partial charge on any atom is 0.253 e. The van der Waals surface area contributed by atoms with Gasteiger partial charge < -0.3 is 9.80 Å². The van der Waals surface area contributed by atoms with Crippen molar-refractivity contribution in [2.24, 2.45) is 0 Å². The summed E-state index contributed by atoms with van der Waals surface area (Å²) in [4.78, 5) is 27.1. The van der Waals surface area contributed by atoms with Crippen LogP contribution in [0, 0.1) is 20.8 Å². The van der Waals surface area contributed by atoms with E-state index in [1.807, 2.05) is 36.1 Å². The number of nitrogens with zero attached hydrogens (tertiary/aromatic N) is 4. The second-order valence-corrected chi connectivity index (χ2v) is 9.04. The van der Waals surface area contributed by atoms with Gasteiger partial charge >= 0.3 is 0 Å². The molecular formula is C27H32N4O. The fourth-order valence-corrected chi connectivity index (χ4v) is 4.32. The second kappa shape index (κ2) is 9.11. The van der Waals surface area contributed by atoms with Crippen LogP contribution in [0.5, 0.6) is 0 Å². The molecule has 0 aliphatic carbocycles. The zero-order valence-corrected chi connectivity index (χ0v) is 19.7. The normalized spacial score (nSPS) is 14.2. The van der Waals surface area contributed by atoms with Crippen LogP contribution >= 0.6 is 0 Å². The summed E-state index contributed by atoms with van der Waals surface area (Å²) < 4.78 is 0. The number of rotatable bonds is 4. The van der Waals surface area contributed by atoms with E-state index in [2.05, 4.69) is 56.9 Å². The first-order valence-electron chi connectivity index (χ1n) is 11.4. The quantitative estimate of drug-likeness (QED) is 0.576. The molecule has 2 aromatic carbocycles. The van der Waals surface area contributed by atoms with Crippen LogP contribution in [-0.4, -0.2) is 47.0 Å². The number of aryl methyl sites for hydroxylation is 3. The van der Waals surface area contributed by atoms with Crippen LogP contribution in [0.25, 0.3) is 11.4 Å². The van der Waals surface area contributed by atoms with Crippen LogP contribution in [0.1, 0.15) is 52.5 Å². The summed E-state index contributed by atoms with van der Waals surface area (Å²) in [7, 11) is 0. The molecule has 5 nitrogen and oxygen atoms in total. The molecule has 4 rings (SSSR count). The van der Waals surface area contributed by atoms with Gasteiger partial charge in [0.05, 0.1) is 0 Å². The van der Waals surface area contributed by atoms with Gasteiger partial charge in [0, 0.05) is 48.6 Å². The number of piperazine rings is 1. The summed E-state index contributed by atoms with van der Waals surface area (Å²) in [5, 5.41) is 0. The maximum atomic E-state index is 12.9. The first-order valence-corrected chi connectivity index (χ1v) is 11.4. The van der Waals surface area contributed by atoms with E-state index in [1.54, 1.807) is 0 Å². The molecule has 0 bridgehead atoms. The van der Waals surface area contributed by atoms with Gasteiger partial charge in [-0.3, -0.25) is 4.79 Å². The fraction of sp³-hybridized carbons (Fsp3) is 0.370. The summed E-state index contributed by atoms with van der Waals surface area (Å²) in [6.07, 6.45) is 0. The first kappa shape index (κ1) is 22.0. The number of hydrogen-bond donors (Lipinski definition) is 0. The molecule has 0 spiro atoms. The van der Waals surface area contributed by atoms with Crippen LogP contribution in [0.4, 0.5) is 5.82 Å². The number of hydrogen-bond acceptors (Lipinski definition) is 4. The van der Waals surface area contributed by atoms with Gasteiger partial charge in [0.2, 0.25) is 0 Å². The summed E-state index contributed by atoms with van der Waals surface area (Å²) in [6, 6.07) is 16.2. The Morgan fingerprint density at radius 2 is 1.38 bits per heavy atom. The Bertz CT molecular complexity index is 1100. The molecule has 0 saturated carbocycles. The van der Waals surface area contributed by atoms with Crippen molar-refractivity contribution in [3.8, 4) is 11.4 Å². The molecule has 1 aliphatic rings. The van der Waals surface area contributed by atoms with Crippen molar-refractivity contribution in [2.45, 2.75) is 40.5 Å². The van der Waals surface area contributed by atoms with E-state index in [-0.39, 0.29) is 5.91 Å². The largest absolute Gasteiger partial charge is 0.353 e. The number of amides is 1. The van der Waals surface area contributed by atoms with Crippen LogP contribution in [0.3, 0.4) is 0 Å². The summed E-state index contributed by atoms with van der Waals surface area (Å²) >= 11 is 0. The molecular weight excluding hydrogens is 396 g/mol. The highest BCUT2D eigenvalue weighted by atomic mass is 16.2. The van der Waals surface area contributed by atoms with E-state index in [0.29, 0.717) is 19.0 Å². The van der Waals surface area contributed by atoms with Crippen molar-refractivity contribution < 1.29 is 4.79 Å². The van der Waals surface area contributed by atoms with Gasteiger partial charge in [-0.25, -0.2) is 9.97 Å². The van der Waals surface area contributed by atoms with E-state index in [1.165, 1.54) is 11.1 Å². The Labute approximate surface area is 191 Å². The molecule has 1 aromatic heterocycles. The Hall–Kier alpha value is -3.21. The van der Waals surface area contributed by atoms with Gasteiger partial charge in [-0.05, 0) is 38.8 Å². The lowest BCUT2D eigenvalue weighted by atomic mass is 10.0. The van der Waals surface area contributed by atoms with E-state index in [0.717, 1.165) is 47.1 Å². The monoisotopic (exact) mass is 428 g/mol. The average molecular weight is 429 g/mol. The van der Waals surface area contributed by atoms with Crippen molar-refractivity contribution >= 4 is 11.7 Å². The molecule has 2 heterocycles. The van der Waals surface area contributed by atoms with Crippen LogP contribution in [0.2, 0.25) is 0 Å². The summed E-state index contributed by atoms with van der Waals surface area (Å²) in [6.45, 7) is 13.5. The third-order valence-electron chi connectivity index (χ3n) is 6.17. The van der Waals surface area contributed by atoms with Gasteiger partial charge in [0.15, 0.2) is 5.82 Å². The minimum Gasteiger partial charge on any atom is -0.353 e. The predicted octanol–water partition coefficient (Wildman–Crippen LogP) is 5.15. The zero-order valence-electron chi connectivity index (χ0n) is 19.7. The molecule has 5 heteroatoms. The van der Waals surface area contributed by atoms with Crippen molar-refractivity contribution in [3.05, 3.63) is 76.5 Å². The number of aromatic nitrogens is 2. The Morgan fingerprint density at radius 3 is 1.94 bits per heavy atom. The maximum absolute atomic E-state index is 12.9. The highest BCUT2D eigenvalue weighted by molar-refractivity contribution is 5.94. The van der Waals surface area contributed by atoms with Crippen molar-refractivity contribution in [3.63, 3.8) is 0 Å². The SMILES string of the molecule is Cc1ccc(C(=O)N2CCN(c3nc(-c4ccc(C)cc4)nc(C)c3C(C)C)CC2)cc1.